The SMILES string of the molecule is CCCCCCNC(c1ccc(F)cc1)C1CC1. The third-order valence-electron chi connectivity index (χ3n) is 3.72. The monoisotopic (exact) mass is 249 g/mol. The summed E-state index contributed by atoms with van der Waals surface area (Å²) in [6.45, 7) is 3.32. The second-order valence-corrected chi connectivity index (χ2v) is 5.38. The molecule has 0 spiro atoms. The molecule has 1 N–H and O–H groups in total. The molecule has 1 aromatic carbocycles. The smallest absolute Gasteiger partial charge is 0.123 e. The van der Waals surface area contributed by atoms with E-state index < -0.39 is 0 Å². The Morgan fingerprint density at radius 3 is 2.50 bits per heavy atom. The first-order valence-electron chi connectivity index (χ1n) is 7.30. The van der Waals surface area contributed by atoms with Crippen LogP contribution in [0.25, 0.3) is 0 Å². The highest BCUT2D eigenvalue weighted by molar-refractivity contribution is 5.21. The van der Waals surface area contributed by atoms with Gasteiger partial charge in [-0.2, -0.15) is 0 Å². The van der Waals surface area contributed by atoms with E-state index in [9.17, 15) is 4.39 Å². The summed E-state index contributed by atoms with van der Waals surface area (Å²) in [5, 5.41) is 3.65. The van der Waals surface area contributed by atoms with Crippen molar-refractivity contribution in [2.45, 2.75) is 51.5 Å². The van der Waals surface area contributed by atoms with Gasteiger partial charge in [0.2, 0.25) is 0 Å². The maximum atomic E-state index is 12.9. The van der Waals surface area contributed by atoms with E-state index in [2.05, 4.69) is 12.2 Å². The van der Waals surface area contributed by atoms with Crippen LogP contribution in [-0.4, -0.2) is 6.54 Å². The van der Waals surface area contributed by atoms with Crippen molar-refractivity contribution >= 4 is 0 Å². The predicted octanol–water partition coefficient (Wildman–Crippen LogP) is 4.45. The van der Waals surface area contributed by atoms with Gasteiger partial charge in [-0.05, 0) is 49.4 Å². The summed E-state index contributed by atoms with van der Waals surface area (Å²) in [7, 11) is 0. The van der Waals surface area contributed by atoms with Crippen LogP contribution in [0.4, 0.5) is 4.39 Å². The van der Waals surface area contributed by atoms with E-state index >= 15 is 0 Å². The Morgan fingerprint density at radius 2 is 1.89 bits per heavy atom. The summed E-state index contributed by atoms with van der Waals surface area (Å²) in [5.41, 5.74) is 1.24. The summed E-state index contributed by atoms with van der Waals surface area (Å²) in [4.78, 5) is 0. The zero-order valence-corrected chi connectivity index (χ0v) is 11.3. The fraction of sp³-hybridized carbons (Fsp3) is 0.625. The molecule has 0 aromatic heterocycles. The van der Waals surface area contributed by atoms with Crippen LogP contribution < -0.4 is 5.32 Å². The fourth-order valence-electron chi connectivity index (χ4n) is 2.47. The van der Waals surface area contributed by atoms with Gasteiger partial charge in [-0.15, -0.1) is 0 Å². The van der Waals surface area contributed by atoms with Crippen LogP contribution in [0.5, 0.6) is 0 Å². The van der Waals surface area contributed by atoms with Crippen LogP contribution >= 0.6 is 0 Å². The van der Waals surface area contributed by atoms with Crippen LogP contribution in [0, 0.1) is 11.7 Å². The van der Waals surface area contributed by atoms with Gasteiger partial charge in [0.1, 0.15) is 5.82 Å². The van der Waals surface area contributed by atoms with Crippen LogP contribution in [0.2, 0.25) is 0 Å². The molecule has 1 aliphatic carbocycles. The van der Waals surface area contributed by atoms with E-state index in [1.807, 2.05) is 12.1 Å². The Morgan fingerprint density at radius 1 is 1.17 bits per heavy atom. The molecule has 1 unspecified atom stereocenters. The molecule has 2 rings (SSSR count). The lowest BCUT2D eigenvalue weighted by Gasteiger charge is -2.18. The molecular formula is C16H24FN. The van der Waals surface area contributed by atoms with E-state index in [0.717, 1.165) is 12.5 Å². The zero-order valence-electron chi connectivity index (χ0n) is 11.3. The van der Waals surface area contributed by atoms with Gasteiger partial charge in [0, 0.05) is 6.04 Å². The van der Waals surface area contributed by atoms with Crippen LogP contribution in [0.1, 0.15) is 57.1 Å². The number of nitrogens with one attached hydrogen (secondary N) is 1. The largest absolute Gasteiger partial charge is 0.310 e. The highest BCUT2D eigenvalue weighted by Gasteiger charge is 2.31. The van der Waals surface area contributed by atoms with E-state index in [4.69, 9.17) is 0 Å². The van der Waals surface area contributed by atoms with Gasteiger partial charge in [-0.3, -0.25) is 0 Å². The number of hydrogen-bond acceptors (Lipinski definition) is 1. The number of halogens is 1. The average Bonchev–Trinajstić information content (AvgIpc) is 3.20. The highest BCUT2D eigenvalue weighted by Crippen LogP contribution is 2.40. The van der Waals surface area contributed by atoms with Gasteiger partial charge in [0.25, 0.3) is 0 Å². The number of unbranched alkanes of at least 4 members (excludes halogenated alkanes) is 3. The van der Waals surface area contributed by atoms with Gasteiger partial charge >= 0.3 is 0 Å². The lowest BCUT2D eigenvalue weighted by atomic mass is 10.0. The quantitative estimate of drug-likeness (QED) is 0.671. The highest BCUT2D eigenvalue weighted by atomic mass is 19.1. The van der Waals surface area contributed by atoms with Gasteiger partial charge in [0.15, 0.2) is 0 Å². The van der Waals surface area contributed by atoms with Gasteiger partial charge in [-0.25, -0.2) is 4.39 Å². The minimum Gasteiger partial charge on any atom is -0.310 e. The first-order chi connectivity index (χ1) is 8.81. The molecule has 2 heteroatoms. The standard InChI is InChI=1S/C16H24FN/c1-2-3-4-5-12-18-16(13-6-7-13)14-8-10-15(17)11-9-14/h8-11,13,16,18H,2-7,12H2,1H3. The van der Waals surface area contributed by atoms with E-state index in [1.165, 1.54) is 44.1 Å². The van der Waals surface area contributed by atoms with Crippen LogP contribution in [-0.2, 0) is 0 Å². The lowest BCUT2D eigenvalue weighted by Crippen LogP contribution is -2.24. The Hall–Kier alpha value is -0.890. The normalized spacial score (nSPS) is 16.8. The molecule has 0 bridgehead atoms. The molecule has 1 saturated carbocycles. The third kappa shape index (κ3) is 4.09. The summed E-state index contributed by atoms with van der Waals surface area (Å²) >= 11 is 0. The molecule has 0 saturated heterocycles. The second kappa shape index (κ2) is 6.89. The second-order valence-electron chi connectivity index (χ2n) is 5.38. The molecular weight excluding hydrogens is 225 g/mol. The molecule has 1 aromatic rings. The molecule has 0 aliphatic heterocycles. The van der Waals surface area contributed by atoms with Crippen molar-refractivity contribution < 1.29 is 4.39 Å². The maximum absolute atomic E-state index is 12.9. The van der Waals surface area contributed by atoms with Crippen molar-refractivity contribution in [3.8, 4) is 0 Å². The average molecular weight is 249 g/mol. The predicted molar refractivity (Wildman–Crippen MR) is 74.0 cm³/mol. The lowest BCUT2D eigenvalue weighted by molar-refractivity contribution is 0.466. The Kier molecular flexibility index (Phi) is 5.18. The minimum atomic E-state index is -0.142. The molecule has 0 heterocycles. The topological polar surface area (TPSA) is 12.0 Å². The number of benzene rings is 1. The fourth-order valence-corrected chi connectivity index (χ4v) is 2.47. The first-order valence-corrected chi connectivity index (χ1v) is 7.30. The van der Waals surface area contributed by atoms with Gasteiger partial charge < -0.3 is 5.32 Å². The summed E-state index contributed by atoms with van der Waals surface area (Å²) in [6.07, 6.45) is 7.78. The molecule has 100 valence electrons. The summed E-state index contributed by atoms with van der Waals surface area (Å²) in [6, 6.07) is 7.44. The van der Waals surface area contributed by atoms with E-state index in [-0.39, 0.29) is 5.82 Å². The van der Waals surface area contributed by atoms with E-state index in [1.54, 1.807) is 12.1 Å². The Bertz CT molecular complexity index is 343. The summed E-state index contributed by atoms with van der Waals surface area (Å²) in [5.74, 6) is 0.623. The van der Waals surface area contributed by atoms with Crippen LogP contribution in [0.3, 0.4) is 0 Å². The minimum absolute atomic E-state index is 0.142. The third-order valence-corrected chi connectivity index (χ3v) is 3.72. The van der Waals surface area contributed by atoms with Crippen molar-refractivity contribution in [3.63, 3.8) is 0 Å². The van der Waals surface area contributed by atoms with Crippen molar-refractivity contribution in [1.29, 1.82) is 0 Å². The molecule has 18 heavy (non-hydrogen) atoms. The van der Waals surface area contributed by atoms with Crippen LogP contribution in [0.15, 0.2) is 24.3 Å². The molecule has 0 radical (unpaired) electrons. The van der Waals surface area contributed by atoms with E-state index in [0.29, 0.717) is 6.04 Å². The molecule has 1 atom stereocenters. The summed E-state index contributed by atoms with van der Waals surface area (Å²) < 4.78 is 12.9. The molecule has 1 fully saturated rings. The Balaban J connectivity index is 1.82. The number of hydrogen-bond donors (Lipinski definition) is 1. The van der Waals surface area contributed by atoms with Gasteiger partial charge in [0.05, 0.1) is 0 Å². The van der Waals surface area contributed by atoms with Crippen molar-refractivity contribution in [2.75, 3.05) is 6.54 Å². The van der Waals surface area contributed by atoms with Crippen molar-refractivity contribution in [2.24, 2.45) is 5.92 Å². The number of rotatable bonds is 8. The molecule has 0 amide bonds. The zero-order chi connectivity index (χ0) is 12.8. The maximum Gasteiger partial charge on any atom is 0.123 e. The van der Waals surface area contributed by atoms with Crippen molar-refractivity contribution in [1.82, 2.24) is 5.32 Å². The Labute approximate surface area is 110 Å². The molecule has 1 aliphatic rings. The van der Waals surface area contributed by atoms with Gasteiger partial charge in [-0.1, -0.05) is 38.3 Å². The first kappa shape index (κ1) is 13.5. The molecule has 1 nitrogen and oxygen atoms in total. The van der Waals surface area contributed by atoms with Crippen molar-refractivity contribution in [3.05, 3.63) is 35.6 Å².